The summed E-state index contributed by atoms with van der Waals surface area (Å²) in [6.45, 7) is -1.16. The van der Waals surface area contributed by atoms with Gasteiger partial charge in [-0.2, -0.15) is 14.0 Å². The molecular formula is C19H16F2N2O3. The zero-order valence-electron chi connectivity index (χ0n) is 13.9. The molecule has 0 aromatic heterocycles. The van der Waals surface area contributed by atoms with Gasteiger partial charge in [0.05, 0.1) is 5.70 Å². The highest BCUT2D eigenvalue weighted by Crippen LogP contribution is 2.34. The Bertz CT molecular complexity index is 850. The fourth-order valence-electron chi connectivity index (χ4n) is 2.41. The van der Waals surface area contributed by atoms with Gasteiger partial charge in [-0.05, 0) is 36.8 Å². The van der Waals surface area contributed by atoms with E-state index in [0.717, 1.165) is 5.56 Å². The predicted molar refractivity (Wildman–Crippen MR) is 90.1 cm³/mol. The van der Waals surface area contributed by atoms with Gasteiger partial charge >= 0.3 is 6.61 Å². The highest BCUT2D eigenvalue weighted by Gasteiger charge is 2.30. The Morgan fingerprint density at radius 2 is 1.96 bits per heavy atom. The summed E-state index contributed by atoms with van der Waals surface area (Å²) in [5, 5.41) is 9.11. The van der Waals surface area contributed by atoms with Crippen LogP contribution in [0.15, 0.2) is 54.6 Å². The first-order valence-corrected chi connectivity index (χ1v) is 7.83. The Balaban J connectivity index is 1.87. The van der Waals surface area contributed by atoms with Crippen molar-refractivity contribution in [2.24, 2.45) is 0 Å². The molecule has 0 saturated heterocycles. The van der Waals surface area contributed by atoms with Crippen LogP contribution in [0, 0.1) is 11.3 Å². The molecule has 1 atom stereocenters. The van der Waals surface area contributed by atoms with Gasteiger partial charge in [-0.25, -0.2) is 0 Å². The maximum absolute atomic E-state index is 12.7. The van der Waals surface area contributed by atoms with Crippen LogP contribution in [0.3, 0.4) is 0 Å². The summed E-state index contributed by atoms with van der Waals surface area (Å²) in [6.07, 6.45) is 1.61. The number of hydrogen-bond acceptors (Lipinski definition) is 5. The summed E-state index contributed by atoms with van der Waals surface area (Å²) >= 11 is 0. The molecule has 0 radical (unpaired) electrons. The van der Waals surface area contributed by atoms with Crippen LogP contribution >= 0.6 is 0 Å². The number of halogens is 2. The van der Waals surface area contributed by atoms with E-state index >= 15 is 0 Å². The van der Waals surface area contributed by atoms with Gasteiger partial charge in [-0.3, -0.25) is 10.3 Å². The number of hydroxylamine groups is 1. The third-order valence-electron chi connectivity index (χ3n) is 3.72. The lowest BCUT2D eigenvalue weighted by Gasteiger charge is -2.14. The lowest BCUT2D eigenvalue weighted by molar-refractivity contribution is -0.0516. The van der Waals surface area contributed by atoms with Crippen molar-refractivity contribution in [2.75, 3.05) is 0 Å². The lowest BCUT2D eigenvalue weighted by atomic mass is 10.0. The van der Waals surface area contributed by atoms with Crippen molar-refractivity contribution in [3.63, 3.8) is 0 Å². The number of rotatable bonds is 6. The standard InChI is InChI=1S/C19H16F2N2O3/c1-19(12-22)10-15(23-26-19)14-7-8-16(25-18(20)21)17(9-14)24-11-13-5-3-2-4-6-13/h2-10,18,23H,11H2,1H3. The third kappa shape index (κ3) is 4.10. The quantitative estimate of drug-likeness (QED) is 0.845. The molecule has 0 fully saturated rings. The van der Waals surface area contributed by atoms with E-state index in [9.17, 15) is 8.78 Å². The average Bonchev–Trinajstić information content (AvgIpc) is 3.04. The van der Waals surface area contributed by atoms with Gasteiger partial charge in [0, 0.05) is 5.56 Å². The SMILES string of the molecule is CC1(C#N)C=C(c2ccc(OC(F)F)c(OCc3ccccc3)c2)NO1. The molecule has 3 rings (SSSR count). The van der Waals surface area contributed by atoms with Crippen LogP contribution in [-0.4, -0.2) is 12.2 Å². The number of benzene rings is 2. The fourth-order valence-corrected chi connectivity index (χ4v) is 2.41. The maximum Gasteiger partial charge on any atom is 0.387 e. The predicted octanol–water partition coefficient (Wildman–Crippen LogP) is 4.02. The van der Waals surface area contributed by atoms with Gasteiger partial charge in [-0.1, -0.05) is 30.3 Å². The van der Waals surface area contributed by atoms with Crippen molar-refractivity contribution in [3.8, 4) is 17.6 Å². The molecule has 0 saturated carbocycles. The molecule has 1 unspecified atom stereocenters. The van der Waals surface area contributed by atoms with Crippen LogP contribution in [0.2, 0.25) is 0 Å². The molecule has 0 amide bonds. The molecule has 0 bridgehead atoms. The summed E-state index contributed by atoms with van der Waals surface area (Å²) in [5.74, 6) is 0.0992. The Kier molecular flexibility index (Phi) is 5.05. The van der Waals surface area contributed by atoms with Gasteiger partial charge in [0.25, 0.3) is 0 Å². The van der Waals surface area contributed by atoms with Crippen LogP contribution in [0.4, 0.5) is 8.78 Å². The average molecular weight is 358 g/mol. The zero-order chi connectivity index (χ0) is 18.6. The van der Waals surface area contributed by atoms with Gasteiger partial charge in [0.15, 0.2) is 17.1 Å². The van der Waals surface area contributed by atoms with E-state index in [4.69, 9.17) is 14.8 Å². The minimum atomic E-state index is -2.96. The molecule has 1 aliphatic heterocycles. The molecule has 0 spiro atoms. The van der Waals surface area contributed by atoms with Crippen LogP contribution < -0.4 is 15.0 Å². The van der Waals surface area contributed by atoms with E-state index in [1.807, 2.05) is 36.4 Å². The fraction of sp³-hybridized carbons (Fsp3) is 0.211. The molecule has 1 heterocycles. The molecule has 7 heteroatoms. The zero-order valence-corrected chi connectivity index (χ0v) is 13.9. The molecule has 5 nitrogen and oxygen atoms in total. The van der Waals surface area contributed by atoms with Crippen molar-refractivity contribution in [3.05, 3.63) is 65.7 Å². The molecule has 1 N–H and O–H groups in total. The highest BCUT2D eigenvalue weighted by atomic mass is 19.3. The molecular weight excluding hydrogens is 342 g/mol. The molecule has 26 heavy (non-hydrogen) atoms. The minimum absolute atomic E-state index is 0.0674. The van der Waals surface area contributed by atoms with Crippen LogP contribution in [0.1, 0.15) is 18.1 Å². The lowest BCUT2D eigenvalue weighted by Crippen LogP contribution is -2.22. The van der Waals surface area contributed by atoms with Gasteiger partial charge in [0.2, 0.25) is 0 Å². The Hall–Kier alpha value is -3.11. The van der Waals surface area contributed by atoms with Crippen molar-refractivity contribution in [2.45, 2.75) is 25.7 Å². The minimum Gasteiger partial charge on any atom is -0.485 e. The second-order valence-corrected chi connectivity index (χ2v) is 5.80. The molecule has 2 aromatic rings. The topological polar surface area (TPSA) is 63.5 Å². The van der Waals surface area contributed by atoms with Crippen LogP contribution in [0.25, 0.3) is 5.70 Å². The van der Waals surface area contributed by atoms with E-state index in [2.05, 4.69) is 10.2 Å². The summed E-state index contributed by atoms with van der Waals surface area (Å²) in [4.78, 5) is 5.22. The second-order valence-electron chi connectivity index (χ2n) is 5.80. The van der Waals surface area contributed by atoms with Gasteiger partial charge in [0.1, 0.15) is 12.7 Å². The first-order chi connectivity index (χ1) is 12.5. The molecule has 0 aliphatic carbocycles. The third-order valence-corrected chi connectivity index (χ3v) is 3.72. The van der Waals surface area contributed by atoms with Crippen LogP contribution in [-0.2, 0) is 11.4 Å². The summed E-state index contributed by atoms with van der Waals surface area (Å²) in [7, 11) is 0. The smallest absolute Gasteiger partial charge is 0.387 e. The van der Waals surface area contributed by atoms with E-state index in [-0.39, 0.29) is 18.1 Å². The largest absolute Gasteiger partial charge is 0.485 e. The van der Waals surface area contributed by atoms with E-state index < -0.39 is 12.2 Å². The Morgan fingerprint density at radius 1 is 1.19 bits per heavy atom. The molecule has 134 valence electrons. The molecule has 2 aromatic carbocycles. The van der Waals surface area contributed by atoms with Crippen molar-refractivity contribution in [1.29, 1.82) is 5.26 Å². The normalized spacial score (nSPS) is 18.8. The summed E-state index contributed by atoms with van der Waals surface area (Å²) in [5.41, 5.74) is 3.62. The second kappa shape index (κ2) is 7.42. The number of hydrogen-bond donors (Lipinski definition) is 1. The Labute approximate surface area is 149 Å². The monoisotopic (exact) mass is 358 g/mol. The number of nitrogens with one attached hydrogen (secondary N) is 1. The first kappa shape index (κ1) is 17.7. The van der Waals surface area contributed by atoms with Gasteiger partial charge in [-0.15, -0.1) is 0 Å². The summed E-state index contributed by atoms with van der Waals surface area (Å²) in [6, 6.07) is 15.9. The summed E-state index contributed by atoms with van der Waals surface area (Å²) < 4.78 is 35.5. The van der Waals surface area contributed by atoms with E-state index in [1.165, 1.54) is 6.07 Å². The van der Waals surface area contributed by atoms with Gasteiger partial charge < -0.3 is 9.47 Å². The van der Waals surface area contributed by atoms with Crippen molar-refractivity contribution < 1.29 is 23.1 Å². The first-order valence-electron chi connectivity index (χ1n) is 7.83. The number of ether oxygens (including phenoxy) is 2. The van der Waals surface area contributed by atoms with E-state index in [0.29, 0.717) is 11.3 Å². The highest BCUT2D eigenvalue weighted by molar-refractivity contribution is 5.69. The number of nitrogens with zero attached hydrogens (tertiary/aromatic N) is 1. The van der Waals surface area contributed by atoms with Crippen molar-refractivity contribution in [1.82, 2.24) is 5.48 Å². The maximum atomic E-state index is 12.7. The van der Waals surface area contributed by atoms with Crippen molar-refractivity contribution >= 4 is 5.70 Å². The molecule has 1 aliphatic rings. The number of nitriles is 1. The van der Waals surface area contributed by atoms with E-state index in [1.54, 1.807) is 25.1 Å². The Morgan fingerprint density at radius 3 is 2.62 bits per heavy atom. The van der Waals surface area contributed by atoms with Crippen LogP contribution in [0.5, 0.6) is 11.5 Å². The number of alkyl halides is 2.